The Labute approximate surface area is 117 Å². The minimum Gasteiger partial charge on any atom is -0.398 e. The Kier molecular flexibility index (Phi) is 3.93. The molecule has 0 aliphatic rings. The fourth-order valence-corrected chi connectivity index (χ4v) is 3.70. The van der Waals surface area contributed by atoms with Crippen LogP contribution in [0.1, 0.15) is 24.1 Å². The smallest absolute Gasteiger partial charge is 0.241 e. The lowest BCUT2D eigenvalue weighted by molar-refractivity contribution is 0.567. The zero-order chi connectivity index (χ0) is 14.0. The van der Waals surface area contributed by atoms with Crippen LogP contribution in [-0.2, 0) is 10.0 Å². The predicted octanol–water partition coefficient (Wildman–Crippen LogP) is 2.68. The summed E-state index contributed by atoms with van der Waals surface area (Å²) in [6.07, 6.45) is 0. The molecular formula is C13H16N2O2S2. The number of nitrogen functional groups attached to an aromatic ring is 1. The van der Waals surface area contributed by atoms with Crippen molar-refractivity contribution >= 4 is 27.0 Å². The summed E-state index contributed by atoms with van der Waals surface area (Å²) < 4.78 is 27.1. The van der Waals surface area contributed by atoms with E-state index < -0.39 is 10.0 Å². The number of anilines is 1. The van der Waals surface area contributed by atoms with Gasteiger partial charge in [-0.3, -0.25) is 0 Å². The molecule has 0 aliphatic carbocycles. The highest BCUT2D eigenvalue weighted by Crippen LogP contribution is 2.21. The van der Waals surface area contributed by atoms with Crippen LogP contribution in [0.25, 0.3) is 0 Å². The number of nitrogens with one attached hydrogen (secondary N) is 1. The Morgan fingerprint density at radius 2 is 2.05 bits per heavy atom. The molecule has 4 nitrogen and oxygen atoms in total. The highest BCUT2D eigenvalue weighted by molar-refractivity contribution is 7.89. The van der Waals surface area contributed by atoms with Gasteiger partial charge in [0.05, 0.1) is 4.90 Å². The van der Waals surface area contributed by atoms with Crippen LogP contribution in [0.5, 0.6) is 0 Å². The van der Waals surface area contributed by atoms with Gasteiger partial charge in [-0.25, -0.2) is 13.1 Å². The molecule has 1 heterocycles. The Bertz CT molecular complexity index is 664. The molecule has 1 unspecified atom stereocenters. The fraction of sp³-hybridized carbons (Fsp3) is 0.231. The molecule has 0 aliphatic heterocycles. The standard InChI is InChI=1S/C13H16N2O2S2/c1-9-3-4-12(7-13(9)14)19(16,17)15-10(2)11-5-6-18-8-11/h3-8,10,15H,14H2,1-2H3. The maximum atomic E-state index is 12.2. The van der Waals surface area contributed by atoms with Gasteiger partial charge in [-0.15, -0.1) is 0 Å². The van der Waals surface area contributed by atoms with Crippen molar-refractivity contribution < 1.29 is 8.42 Å². The summed E-state index contributed by atoms with van der Waals surface area (Å²) in [5, 5.41) is 3.85. The number of hydrogen-bond donors (Lipinski definition) is 2. The van der Waals surface area contributed by atoms with Crippen molar-refractivity contribution in [3.05, 3.63) is 46.2 Å². The first-order chi connectivity index (χ1) is 8.90. The molecule has 1 aromatic heterocycles. The maximum Gasteiger partial charge on any atom is 0.241 e. The largest absolute Gasteiger partial charge is 0.398 e. The van der Waals surface area contributed by atoms with E-state index in [1.54, 1.807) is 12.1 Å². The summed E-state index contributed by atoms with van der Waals surface area (Å²) in [5.74, 6) is 0. The van der Waals surface area contributed by atoms with Crippen LogP contribution in [-0.4, -0.2) is 8.42 Å². The van der Waals surface area contributed by atoms with E-state index >= 15 is 0 Å². The lowest BCUT2D eigenvalue weighted by atomic mass is 10.2. The summed E-state index contributed by atoms with van der Waals surface area (Å²) in [5.41, 5.74) is 8.05. The van der Waals surface area contributed by atoms with Crippen molar-refractivity contribution in [1.29, 1.82) is 0 Å². The van der Waals surface area contributed by atoms with Crippen LogP contribution >= 0.6 is 11.3 Å². The molecule has 0 saturated carbocycles. The first-order valence-corrected chi connectivity index (χ1v) is 8.23. The molecule has 6 heteroatoms. The van der Waals surface area contributed by atoms with E-state index in [2.05, 4.69) is 4.72 Å². The van der Waals surface area contributed by atoms with Crippen LogP contribution in [0.3, 0.4) is 0 Å². The van der Waals surface area contributed by atoms with E-state index in [4.69, 9.17) is 5.73 Å². The highest BCUT2D eigenvalue weighted by Gasteiger charge is 2.19. The Hall–Kier alpha value is -1.37. The highest BCUT2D eigenvalue weighted by atomic mass is 32.2. The van der Waals surface area contributed by atoms with Gasteiger partial charge in [-0.05, 0) is 53.9 Å². The number of thiophene rings is 1. The summed E-state index contributed by atoms with van der Waals surface area (Å²) in [6, 6.07) is 6.39. The van der Waals surface area contributed by atoms with E-state index in [0.717, 1.165) is 11.1 Å². The van der Waals surface area contributed by atoms with Gasteiger partial charge in [0.1, 0.15) is 0 Å². The van der Waals surface area contributed by atoms with Gasteiger partial charge in [0.25, 0.3) is 0 Å². The molecule has 0 bridgehead atoms. The second-order valence-electron chi connectivity index (χ2n) is 4.42. The lowest BCUT2D eigenvalue weighted by Gasteiger charge is -2.13. The van der Waals surface area contributed by atoms with Crippen LogP contribution in [0.2, 0.25) is 0 Å². The number of nitrogens with two attached hydrogens (primary N) is 1. The van der Waals surface area contributed by atoms with E-state index in [1.807, 2.05) is 30.7 Å². The van der Waals surface area contributed by atoms with Crippen molar-refractivity contribution in [3.63, 3.8) is 0 Å². The second kappa shape index (κ2) is 5.32. The number of rotatable bonds is 4. The molecule has 102 valence electrons. The van der Waals surface area contributed by atoms with E-state index in [-0.39, 0.29) is 10.9 Å². The topological polar surface area (TPSA) is 72.2 Å². The number of sulfonamides is 1. The molecule has 19 heavy (non-hydrogen) atoms. The number of benzene rings is 1. The molecule has 0 fully saturated rings. The first kappa shape index (κ1) is 14.0. The quantitative estimate of drug-likeness (QED) is 0.852. The van der Waals surface area contributed by atoms with Gasteiger partial charge < -0.3 is 5.73 Å². The Morgan fingerprint density at radius 3 is 2.63 bits per heavy atom. The van der Waals surface area contributed by atoms with Gasteiger partial charge >= 0.3 is 0 Å². The first-order valence-electron chi connectivity index (χ1n) is 5.81. The lowest BCUT2D eigenvalue weighted by Crippen LogP contribution is -2.26. The molecule has 2 aromatic rings. The zero-order valence-corrected chi connectivity index (χ0v) is 12.4. The van der Waals surface area contributed by atoms with Crippen LogP contribution in [0, 0.1) is 6.92 Å². The SMILES string of the molecule is Cc1ccc(S(=O)(=O)NC(C)c2ccsc2)cc1N. The molecule has 3 N–H and O–H groups in total. The third-order valence-corrected chi connectivity index (χ3v) is 5.18. The molecule has 0 saturated heterocycles. The summed E-state index contributed by atoms with van der Waals surface area (Å²) in [6.45, 7) is 3.66. The van der Waals surface area contributed by atoms with Crippen molar-refractivity contribution in [3.8, 4) is 0 Å². The van der Waals surface area contributed by atoms with Gasteiger partial charge in [0, 0.05) is 11.7 Å². The van der Waals surface area contributed by atoms with Crippen LogP contribution in [0.15, 0.2) is 39.9 Å². The average molecular weight is 296 g/mol. The van der Waals surface area contributed by atoms with Crippen LogP contribution in [0.4, 0.5) is 5.69 Å². The third-order valence-electron chi connectivity index (χ3n) is 2.94. The maximum absolute atomic E-state index is 12.2. The minimum absolute atomic E-state index is 0.192. The molecule has 1 atom stereocenters. The monoisotopic (exact) mass is 296 g/mol. The predicted molar refractivity (Wildman–Crippen MR) is 78.6 cm³/mol. The number of aryl methyl sites for hydroxylation is 1. The Morgan fingerprint density at radius 1 is 1.32 bits per heavy atom. The van der Waals surface area contributed by atoms with E-state index in [1.165, 1.54) is 17.4 Å². The van der Waals surface area contributed by atoms with Crippen molar-refractivity contribution in [1.82, 2.24) is 4.72 Å². The second-order valence-corrected chi connectivity index (χ2v) is 6.91. The molecule has 0 radical (unpaired) electrons. The average Bonchev–Trinajstić information content (AvgIpc) is 2.85. The molecule has 0 amide bonds. The summed E-state index contributed by atoms with van der Waals surface area (Å²) in [4.78, 5) is 0.192. The molecule has 2 rings (SSSR count). The summed E-state index contributed by atoms with van der Waals surface area (Å²) in [7, 11) is -3.55. The van der Waals surface area contributed by atoms with Crippen molar-refractivity contribution in [2.24, 2.45) is 0 Å². The fourth-order valence-electron chi connectivity index (χ4n) is 1.68. The molecule has 1 aromatic carbocycles. The van der Waals surface area contributed by atoms with Crippen LogP contribution < -0.4 is 10.5 Å². The van der Waals surface area contributed by atoms with Gasteiger partial charge in [-0.2, -0.15) is 11.3 Å². The Balaban J connectivity index is 2.25. The molecule has 0 spiro atoms. The third kappa shape index (κ3) is 3.15. The normalized spacial score (nSPS) is 13.4. The van der Waals surface area contributed by atoms with E-state index in [9.17, 15) is 8.42 Å². The summed E-state index contributed by atoms with van der Waals surface area (Å²) >= 11 is 1.54. The zero-order valence-electron chi connectivity index (χ0n) is 10.8. The van der Waals surface area contributed by atoms with Crippen molar-refractivity contribution in [2.45, 2.75) is 24.8 Å². The van der Waals surface area contributed by atoms with E-state index in [0.29, 0.717) is 5.69 Å². The van der Waals surface area contributed by atoms with Gasteiger partial charge in [-0.1, -0.05) is 6.07 Å². The van der Waals surface area contributed by atoms with Gasteiger partial charge in [0.2, 0.25) is 10.0 Å². The number of hydrogen-bond acceptors (Lipinski definition) is 4. The van der Waals surface area contributed by atoms with Crippen molar-refractivity contribution in [2.75, 3.05) is 5.73 Å². The minimum atomic E-state index is -3.55. The van der Waals surface area contributed by atoms with Gasteiger partial charge in [0.15, 0.2) is 0 Å². The molecular weight excluding hydrogens is 280 g/mol.